The van der Waals surface area contributed by atoms with Gasteiger partial charge in [0.1, 0.15) is 46.5 Å². The number of nitrogens with one attached hydrogen (secondary N) is 2. The lowest BCUT2D eigenvalue weighted by Gasteiger charge is -2.08. The number of nitrogens with zero attached hydrogens (tertiary/aromatic N) is 6. The van der Waals surface area contributed by atoms with Crippen molar-refractivity contribution in [2.45, 2.75) is 0 Å². The highest BCUT2D eigenvalue weighted by Crippen LogP contribution is 2.18. The number of aromatic amines is 2. The van der Waals surface area contributed by atoms with E-state index >= 15 is 0 Å². The van der Waals surface area contributed by atoms with Gasteiger partial charge in [-0.2, -0.15) is 0 Å². The molecule has 6 aromatic rings. The zero-order chi connectivity index (χ0) is 26.9. The minimum absolute atomic E-state index is 0.293. The summed E-state index contributed by atoms with van der Waals surface area (Å²) in [5.41, 5.74) is 2.66. The Morgan fingerprint density at radius 3 is 1.49 bits per heavy atom. The van der Waals surface area contributed by atoms with Gasteiger partial charge in [-0.15, -0.1) is 0 Å². The Balaban J connectivity index is 1.07. The molecule has 1 radical (unpaired) electrons. The monoisotopic (exact) mass is 553 g/mol. The molecule has 0 atom stereocenters. The third-order valence-corrected chi connectivity index (χ3v) is 6.31. The van der Waals surface area contributed by atoms with Crippen LogP contribution in [0.1, 0.15) is 20.7 Å². The molecule has 0 aliphatic heterocycles. The number of rotatable bonds is 6. The molecule has 0 saturated carbocycles. The van der Waals surface area contributed by atoms with Crippen molar-refractivity contribution in [2.75, 3.05) is 0 Å². The average Bonchev–Trinajstić information content (AvgIpc) is 3.60. The first-order valence-corrected chi connectivity index (χ1v) is 12.1. The second-order valence-electron chi connectivity index (χ2n) is 8.03. The third kappa shape index (κ3) is 4.60. The lowest BCUT2D eigenvalue weighted by Crippen LogP contribution is -2.13. The van der Waals surface area contributed by atoms with Crippen molar-refractivity contribution in [3.8, 4) is 11.5 Å². The number of hydrogen-bond donors (Lipinski definition) is 2. The van der Waals surface area contributed by atoms with Crippen LogP contribution in [0.4, 0.5) is 0 Å². The summed E-state index contributed by atoms with van der Waals surface area (Å²) in [6, 6.07) is 13.0. The minimum Gasteiger partial charge on any atom is -0.526 e. The molecule has 0 spiro atoms. The molecule has 0 fully saturated rings. The second-order valence-corrected chi connectivity index (χ2v) is 8.80. The largest absolute Gasteiger partial charge is 0.658 e. The number of fused-ring (bicyclic) bond motifs is 2. The Kier molecular flexibility index (Phi) is 6.26. The molecule has 189 valence electrons. The fourth-order valence-corrected chi connectivity index (χ4v) is 4.19. The standard InChI is InChI=1S/C24H14BN8O4S2/c34-23(32-11-30-17-19(32)26-9-28-21(17)38)13-1-5-15(6-2-13)36-25-37-16-7-3-14(4-8-16)24(35)33-12-31-18-20(33)27-10-29-22(18)39/h1-12H,(H,26,28,38)(H,27,29,39). The molecular weight excluding hydrogens is 539 g/mol. The molecular formula is C24H14BN8O4S2. The Morgan fingerprint density at radius 1 is 0.667 bits per heavy atom. The van der Waals surface area contributed by atoms with Crippen molar-refractivity contribution in [3.05, 3.63) is 94.2 Å². The van der Waals surface area contributed by atoms with Gasteiger partial charge < -0.3 is 19.3 Å². The van der Waals surface area contributed by atoms with Crippen molar-refractivity contribution in [2.24, 2.45) is 0 Å². The molecule has 0 aliphatic carbocycles. The maximum absolute atomic E-state index is 12.9. The summed E-state index contributed by atoms with van der Waals surface area (Å²) < 4.78 is 14.4. The highest BCUT2D eigenvalue weighted by molar-refractivity contribution is 7.71. The second kappa shape index (κ2) is 10.0. The maximum atomic E-state index is 12.9. The summed E-state index contributed by atoms with van der Waals surface area (Å²) in [6.07, 6.45) is 5.64. The molecule has 12 nitrogen and oxygen atoms in total. The number of hydrogen-bond acceptors (Lipinski definition) is 10. The van der Waals surface area contributed by atoms with Gasteiger partial charge in [-0.05, 0) is 48.5 Å². The van der Waals surface area contributed by atoms with Gasteiger partial charge >= 0.3 is 7.69 Å². The zero-order valence-electron chi connectivity index (χ0n) is 19.6. The number of carbonyl (C=O) groups is 2. The predicted molar refractivity (Wildman–Crippen MR) is 145 cm³/mol. The van der Waals surface area contributed by atoms with Crippen LogP contribution >= 0.6 is 24.4 Å². The lowest BCUT2D eigenvalue weighted by molar-refractivity contribution is 0.0955. The van der Waals surface area contributed by atoms with Crippen molar-refractivity contribution < 1.29 is 18.9 Å². The van der Waals surface area contributed by atoms with E-state index in [9.17, 15) is 9.59 Å². The van der Waals surface area contributed by atoms with Gasteiger partial charge in [0.2, 0.25) is 0 Å². The van der Waals surface area contributed by atoms with Gasteiger partial charge in [0.05, 0.1) is 12.7 Å². The number of H-pyrrole nitrogens is 2. The van der Waals surface area contributed by atoms with Gasteiger partial charge in [-0.1, -0.05) is 24.4 Å². The first-order valence-electron chi connectivity index (χ1n) is 11.3. The third-order valence-electron chi connectivity index (χ3n) is 5.71. The molecule has 15 heteroatoms. The van der Waals surface area contributed by atoms with Crippen LogP contribution in [0.2, 0.25) is 0 Å². The Morgan fingerprint density at radius 2 is 1.08 bits per heavy atom. The quantitative estimate of drug-likeness (QED) is 0.232. The van der Waals surface area contributed by atoms with Gasteiger partial charge in [0.25, 0.3) is 11.8 Å². The predicted octanol–water partition coefficient (Wildman–Crippen LogP) is 3.66. The smallest absolute Gasteiger partial charge is 0.526 e. The SMILES string of the molecule is O=C(c1ccc(O[B]Oc2ccc(C(=O)n3cnc4c(=S)nc[nH]c43)cc2)cc1)n1cnc2c(=S)nc[nH]c21. The molecule has 0 amide bonds. The van der Waals surface area contributed by atoms with Crippen molar-refractivity contribution in [1.29, 1.82) is 0 Å². The van der Waals surface area contributed by atoms with E-state index in [2.05, 4.69) is 29.9 Å². The topological polar surface area (TPSA) is 146 Å². The van der Waals surface area contributed by atoms with E-state index < -0.39 is 0 Å². The first kappa shape index (κ1) is 24.3. The van der Waals surface area contributed by atoms with Crippen LogP contribution in [0.3, 0.4) is 0 Å². The van der Waals surface area contributed by atoms with Crippen LogP contribution in [-0.4, -0.2) is 58.5 Å². The fraction of sp³-hybridized carbons (Fsp3) is 0. The summed E-state index contributed by atoms with van der Waals surface area (Å²) in [7, 11) is 1.15. The van der Waals surface area contributed by atoms with Crippen LogP contribution in [0, 0.1) is 9.28 Å². The number of carbonyl (C=O) groups excluding carboxylic acids is 2. The minimum atomic E-state index is -0.293. The highest BCUT2D eigenvalue weighted by atomic mass is 32.1. The van der Waals surface area contributed by atoms with Crippen LogP contribution in [0.5, 0.6) is 11.5 Å². The van der Waals surface area contributed by atoms with Crippen LogP contribution < -0.4 is 9.31 Å². The van der Waals surface area contributed by atoms with Crippen molar-refractivity contribution in [3.63, 3.8) is 0 Å². The highest BCUT2D eigenvalue weighted by Gasteiger charge is 2.16. The van der Waals surface area contributed by atoms with Gasteiger partial charge in [0, 0.05) is 11.1 Å². The molecule has 0 bridgehead atoms. The number of aromatic nitrogens is 8. The van der Waals surface area contributed by atoms with Gasteiger partial charge in [-0.25, -0.2) is 29.1 Å². The molecule has 39 heavy (non-hydrogen) atoms. The molecule has 0 aliphatic rings. The lowest BCUT2D eigenvalue weighted by atomic mass is 10.2. The zero-order valence-corrected chi connectivity index (χ0v) is 21.3. The van der Waals surface area contributed by atoms with Crippen molar-refractivity contribution >= 4 is 66.3 Å². The van der Waals surface area contributed by atoms with E-state index in [-0.39, 0.29) is 11.8 Å². The molecule has 0 unspecified atom stereocenters. The summed E-state index contributed by atoms with van der Waals surface area (Å²) in [4.78, 5) is 47.9. The maximum Gasteiger partial charge on any atom is 0.658 e. The van der Waals surface area contributed by atoms with Crippen LogP contribution in [0.15, 0.2) is 73.8 Å². The summed E-state index contributed by atoms with van der Waals surface area (Å²) in [5, 5.41) is 0. The number of benzene rings is 2. The molecule has 2 N–H and O–H groups in total. The van der Waals surface area contributed by atoms with E-state index in [1.807, 2.05) is 0 Å². The Hall–Kier alpha value is -5.02. The first-order chi connectivity index (χ1) is 19.0. The van der Waals surface area contributed by atoms with E-state index in [4.69, 9.17) is 33.7 Å². The molecule has 6 rings (SSSR count). The molecule has 4 aromatic heterocycles. The Labute approximate surface area is 229 Å². The van der Waals surface area contributed by atoms with Gasteiger partial charge in [0.15, 0.2) is 9.28 Å². The van der Waals surface area contributed by atoms with E-state index in [0.29, 0.717) is 54.2 Å². The Bertz CT molecular complexity index is 1840. The summed E-state index contributed by atoms with van der Waals surface area (Å²) in [6.45, 7) is 0. The molecule has 2 aromatic carbocycles. The van der Waals surface area contributed by atoms with Crippen LogP contribution in [-0.2, 0) is 0 Å². The summed E-state index contributed by atoms with van der Waals surface area (Å²) >= 11 is 10.3. The molecule has 4 heterocycles. The molecule has 0 saturated heterocycles. The fourth-order valence-electron chi connectivity index (χ4n) is 3.79. The van der Waals surface area contributed by atoms with E-state index in [1.54, 1.807) is 48.5 Å². The van der Waals surface area contributed by atoms with E-state index in [1.165, 1.54) is 34.4 Å². The average molecular weight is 553 g/mol. The van der Waals surface area contributed by atoms with Crippen molar-refractivity contribution in [1.82, 2.24) is 39.0 Å². The number of imidazole rings is 2. The summed E-state index contributed by atoms with van der Waals surface area (Å²) in [5.74, 6) is 0.324. The van der Waals surface area contributed by atoms with Crippen LogP contribution in [0.25, 0.3) is 22.3 Å². The van der Waals surface area contributed by atoms with Gasteiger partial charge in [-0.3, -0.25) is 9.59 Å². The van der Waals surface area contributed by atoms with E-state index in [0.717, 1.165) is 7.69 Å². The normalized spacial score (nSPS) is 11.0.